The zero-order valence-electron chi connectivity index (χ0n) is 10.3. The van der Waals surface area contributed by atoms with E-state index in [1.54, 1.807) is 0 Å². The monoisotopic (exact) mass is 226 g/mol. The molecule has 0 aliphatic heterocycles. The minimum atomic E-state index is 0.509. The van der Waals surface area contributed by atoms with Crippen LogP contribution in [0, 0.1) is 11.3 Å². The van der Waals surface area contributed by atoms with Gasteiger partial charge in [-0.25, -0.2) is 0 Å². The zero-order chi connectivity index (χ0) is 12.1. The molecule has 0 N–H and O–H groups in total. The second-order valence-corrected chi connectivity index (χ2v) is 4.48. The van der Waals surface area contributed by atoms with E-state index >= 15 is 0 Å². The molecule has 1 unspecified atom stereocenters. The average Bonchev–Trinajstić information content (AvgIpc) is 2.86. The third-order valence-corrected chi connectivity index (χ3v) is 3.39. The highest BCUT2D eigenvalue weighted by atomic mass is 15.1. The number of hydrogen-bond donors (Lipinski definition) is 0. The first-order valence-electron chi connectivity index (χ1n) is 6.20. The van der Waals surface area contributed by atoms with Crippen molar-refractivity contribution in [3.8, 4) is 6.07 Å². The van der Waals surface area contributed by atoms with Crippen molar-refractivity contribution >= 4 is 0 Å². The molecule has 2 rings (SSSR count). The highest BCUT2D eigenvalue weighted by molar-refractivity contribution is 5.26. The smallest absolute Gasteiger partial charge is 0.0944 e. The topological polar surface area (TPSA) is 27.0 Å². The number of benzene rings is 1. The third kappa shape index (κ3) is 2.95. The van der Waals surface area contributed by atoms with Gasteiger partial charge in [-0.05, 0) is 24.9 Å². The minimum absolute atomic E-state index is 0.509. The molecule has 0 spiro atoms. The largest absolute Gasteiger partial charge is 0.296 e. The third-order valence-electron chi connectivity index (χ3n) is 3.39. The molecule has 0 radical (unpaired) electrons. The van der Waals surface area contributed by atoms with Crippen LogP contribution in [-0.2, 0) is 6.54 Å². The van der Waals surface area contributed by atoms with Crippen molar-refractivity contribution in [2.24, 2.45) is 0 Å². The predicted octanol–water partition coefficient (Wildman–Crippen LogP) is 3.12. The van der Waals surface area contributed by atoms with Crippen LogP contribution in [0.25, 0.3) is 0 Å². The van der Waals surface area contributed by atoms with E-state index in [9.17, 15) is 0 Å². The maximum Gasteiger partial charge on any atom is 0.0944 e. The van der Waals surface area contributed by atoms with Gasteiger partial charge in [0.05, 0.1) is 6.07 Å². The Balaban J connectivity index is 1.97. The van der Waals surface area contributed by atoms with E-state index < -0.39 is 0 Å². The van der Waals surface area contributed by atoms with Crippen molar-refractivity contribution in [3.05, 3.63) is 47.5 Å². The molecule has 17 heavy (non-hydrogen) atoms. The van der Waals surface area contributed by atoms with Gasteiger partial charge in [0.2, 0.25) is 0 Å². The molecular formula is C15H18N2. The van der Waals surface area contributed by atoms with Gasteiger partial charge >= 0.3 is 0 Å². The molecule has 1 aliphatic carbocycles. The molecule has 0 saturated heterocycles. The predicted molar refractivity (Wildman–Crippen MR) is 69.2 cm³/mol. The van der Waals surface area contributed by atoms with Crippen LogP contribution < -0.4 is 0 Å². The molecule has 1 aromatic carbocycles. The van der Waals surface area contributed by atoms with Gasteiger partial charge in [0.15, 0.2) is 0 Å². The Morgan fingerprint density at radius 3 is 2.71 bits per heavy atom. The molecule has 0 amide bonds. The Morgan fingerprint density at radius 2 is 2.12 bits per heavy atom. The molecule has 1 aromatic rings. The fraction of sp³-hybridized carbons (Fsp3) is 0.400. The van der Waals surface area contributed by atoms with E-state index in [4.69, 9.17) is 5.26 Å². The van der Waals surface area contributed by atoms with Crippen LogP contribution in [0.1, 0.15) is 25.3 Å². The lowest BCUT2D eigenvalue weighted by Gasteiger charge is -2.27. The molecule has 0 saturated carbocycles. The zero-order valence-corrected chi connectivity index (χ0v) is 10.3. The van der Waals surface area contributed by atoms with Crippen LogP contribution in [0.4, 0.5) is 0 Å². The van der Waals surface area contributed by atoms with Crippen LogP contribution in [-0.4, -0.2) is 17.5 Å². The van der Waals surface area contributed by atoms with Crippen molar-refractivity contribution in [2.45, 2.75) is 32.4 Å². The van der Waals surface area contributed by atoms with Crippen molar-refractivity contribution in [1.82, 2.24) is 4.90 Å². The fourth-order valence-electron chi connectivity index (χ4n) is 2.39. The summed E-state index contributed by atoms with van der Waals surface area (Å²) in [6.07, 6.45) is 4.01. The standard InChI is InChI=1S/C15H18N2/c1-2-17(12-13-6-4-3-5-7-13)15-9-8-14(10-15)11-16/h3-8,15H,2,9-10,12H2,1H3. The van der Waals surface area contributed by atoms with Crippen LogP contribution in [0.3, 0.4) is 0 Å². The van der Waals surface area contributed by atoms with Crippen molar-refractivity contribution in [3.63, 3.8) is 0 Å². The van der Waals surface area contributed by atoms with E-state index in [1.807, 2.05) is 6.07 Å². The Kier molecular flexibility index (Phi) is 3.95. The maximum atomic E-state index is 8.89. The first-order valence-corrected chi connectivity index (χ1v) is 6.20. The Hall–Kier alpha value is -1.59. The summed E-state index contributed by atoms with van der Waals surface area (Å²) in [5.41, 5.74) is 2.29. The highest BCUT2D eigenvalue weighted by Crippen LogP contribution is 2.24. The van der Waals surface area contributed by atoms with Crippen LogP contribution in [0.5, 0.6) is 0 Å². The van der Waals surface area contributed by atoms with Gasteiger partial charge in [-0.15, -0.1) is 0 Å². The molecule has 0 heterocycles. The molecule has 2 heteroatoms. The van der Waals surface area contributed by atoms with Gasteiger partial charge in [-0.2, -0.15) is 5.26 Å². The van der Waals surface area contributed by atoms with Crippen LogP contribution >= 0.6 is 0 Å². The summed E-state index contributed by atoms with van der Waals surface area (Å²) in [5.74, 6) is 0. The number of rotatable bonds is 4. The summed E-state index contributed by atoms with van der Waals surface area (Å²) in [4.78, 5) is 2.45. The first kappa shape index (κ1) is 11.9. The summed E-state index contributed by atoms with van der Waals surface area (Å²) in [6.45, 7) is 4.20. The summed E-state index contributed by atoms with van der Waals surface area (Å²) in [5, 5.41) is 8.89. The van der Waals surface area contributed by atoms with Crippen LogP contribution in [0.15, 0.2) is 42.0 Å². The van der Waals surface area contributed by atoms with Gasteiger partial charge in [0.1, 0.15) is 0 Å². The molecular weight excluding hydrogens is 208 g/mol. The quantitative estimate of drug-likeness (QED) is 0.788. The second kappa shape index (κ2) is 5.65. The van der Waals surface area contributed by atoms with Gasteiger partial charge < -0.3 is 0 Å². The van der Waals surface area contributed by atoms with Gasteiger partial charge in [0.25, 0.3) is 0 Å². The van der Waals surface area contributed by atoms with Crippen molar-refractivity contribution in [2.75, 3.05) is 6.54 Å². The normalized spacial score (nSPS) is 19.1. The summed E-state index contributed by atoms with van der Waals surface area (Å²) in [6, 6.07) is 13.3. The Labute approximate surface area is 103 Å². The first-order chi connectivity index (χ1) is 8.33. The Bertz CT molecular complexity index is 428. The fourth-order valence-corrected chi connectivity index (χ4v) is 2.39. The van der Waals surface area contributed by atoms with Crippen molar-refractivity contribution in [1.29, 1.82) is 5.26 Å². The van der Waals surface area contributed by atoms with Gasteiger partial charge in [-0.1, -0.05) is 43.3 Å². The van der Waals surface area contributed by atoms with Crippen molar-refractivity contribution < 1.29 is 0 Å². The van der Waals surface area contributed by atoms with E-state index in [0.29, 0.717) is 6.04 Å². The molecule has 0 bridgehead atoms. The molecule has 1 aliphatic rings. The van der Waals surface area contributed by atoms with E-state index in [-0.39, 0.29) is 0 Å². The van der Waals surface area contributed by atoms with Crippen LogP contribution in [0.2, 0.25) is 0 Å². The maximum absolute atomic E-state index is 8.89. The van der Waals surface area contributed by atoms with Gasteiger partial charge in [-0.3, -0.25) is 4.90 Å². The van der Waals surface area contributed by atoms with E-state index in [1.165, 1.54) is 5.56 Å². The number of hydrogen-bond acceptors (Lipinski definition) is 2. The number of nitrogens with zero attached hydrogens (tertiary/aromatic N) is 2. The lowest BCUT2D eigenvalue weighted by atomic mass is 10.1. The molecule has 0 fully saturated rings. The summed E-state index contributed by atoms with van der Waals surface area (Å²) >= 11 is 0. The Morgan fingerprint density at radius 1 is 1.35 bits per heavy atom. The highest BCUT2D eigenvalue weighted by Gasteiger charge is 2.22. The second-order valence-electron chi connectivity index (χ2n) is 4.48. The molecule has 2 nitrogen and oxygen atoms in total. The lowest BCUT2D eigenvalue weighted by Crippen LogP contribution is -2.32. The molecule has 1 atom stereocenters. The summed E-state index contributed by atoms with van der Waals surface area (Å²) in [7, 11) is 0. The van der Waals surface area contributed by atoms with E-state index in [2.05, 4.69) is 48.2 Å². The SMILES string of the molecule is CCN(Cc1ccccc1)C1CC=C(C#N)C1. The minimum Gasteiger partial charge on any atom is -0.296 e. The van der Waals surface area contributed by atoms with Gasteiger partial charge in [0, 0.05) is 18.2 Å². The summed E-state index contributed by atoms with van der Waals surface area (Å²) < 4.78 is 0. The lowest BCUT2D eigenvalue weighted by molar-refractivity contribution is 0.204. The molecule has 0 aromatic heterocycles. The molecule has 88 valence electrons. The van der Waals surface area contributed by atoms with E-state index in [0.717, 1.165) is 31.5 Å². The average molecular weight is 226 g/mol. The number of nitriles is 1.